The van der Waals surface area contributed by atoms with Crippen LogP contribution in [0.4, 0.5) is 0 Å². The molecule has 1 heterocycles. The van der Waals surface area contributed by atoms with Crippen LogP contribution >= 0.6 is 0 Å². The van der Waals surface area contributed by atoms with Gasteiger partial charge in [-0.1, -0.05) is 0 Å². The Morgan fingerprint density at radius 2 is 1.95 bits per heavy atom. The second-order valence-electron chi connectivity index (χ2n) is 4.34. The fourth-order valence-electron chi connectivity index (χ4n) is 1.78. The molecule has 0 radical (unpaired) electrons. The van der Waals surface area contributed by atoms with E-state index < -0.39 is 23.9 Å². The minimum Gasteiger partial charge on any atom is -0.425 e. The first-order valence-corrected chi connectivity index (χ1v) is 6.11. The van der Waals surface area contributed by atoms with Gasteiger partial charge >= 0.3 is 17.9 Å². The number of esters is 3. The summed E-state index contributed by atoms with van der Waals surface area (Å²) in [6.45, 7) is 0.438. The second-order valence-corrected chi connectivity index (χ2v) is 4.34. The highest BCUT2D eigenvalue weighted by molar-refractivity contribution is 6.14. The average Bonchev–Trinajstić information content (AvgIpc) is 2.71. The van der Waals surface area contributed by atoms with Crippen molar-refractivity contribution in [2.45, 2.75) is 18.9 Å². The van der Waals surface area contributed by atoms with Crippen LogP contribution in [-0.2, 0) is 9.53 Å². The summed E-state index contributed by atoms with van der Waals surface area (Å²) in [4.78, 5) is 34.3. The zero-order valence-corrected chi connectivity index (χ0v) is 10.6. The maximum atomic E-state index is 11.7. The monoisotopic (exact) mass is 278 g/mol. The number of benzene rings is 1. The Bertz CT molecular complexity index is 570. The first-order valence-electron chi connectivity index (χ1n) is 6.11. The standard InChI is InChI=1S/C13H14N2O5/c14-5-1-2-10(15)13(18)19-7-3-4-8-9(6-7)12(17)20-11(8)16/h3-4,6,10H,1-2,5,14-15H2/t10-/m1/s1. The number of ether oxygens (including phenoxy) is 2. The lowest BCUT2D eigenvalue weighted by Gasteiger charge is -2.10. The minimum atomic E-state index is -0.777. The molecule has 2 rings (SSSR count). The Balaban J connectivity index is 2.08. The molecule has 0 saturated heterocycles. The van der Waals surface area contributed by atoms with E-state index in [1.165, 1.54) is 18.2 Å². The van der Waals surface area contributed by atoms with Crippen LogP contribution in [0.2, 0.25) is 0 Å². The van der Waals surface area contributed by atoms with E-state index >= 15 is 0 Å². The maximum absolute atomic E-state index is 11.7. The Hall–Kier alpha value is -2.25. The van der Waals surface area contributed by atoms with Gasteiger partial charge in [-0.15, -0.1) is 0 Å². The Morgan fingerprint density at radius 3 is 2.65 bits per heavy atom. The van der Waals surface area contributed by atoms with Crippen molar-refractivity contribution in [3.8, 4) is 5.75 Å². The van der Waals surface area contributed by atoms with Gasteiger partial charge < -0.3 is 20.9 Å². The fraction of sp³-hybridized carbons (Fsp3) is 0.308. The number of rotatable bonds is 5. The molecule has 0 fully saturated rings. The molecule has 1 aliphatic heterocycles. The molecule has 1 atom stereocenters. The van der Waals surface area contributed by atoms with Gasteiger partial charge in [0.15, 0.2) is 0 Å². The molecule has 7 nitrogen and oxygen atoms in total. The van der Waals surface area contributed by atoms with Crippen molar-refractivity contribution in [1.82, 2.24) is 0 Å². The number of cyclic esters (lactones) is 2. The third kappa shape index (κ3) is 2.84. The van der Waals surface area contributed by atoms with Crippen LogP contribution < -0.4 is 16.2 Å². The number of hydrogen-bond donors (Lipinski definition) is 2. The van der Waals surface area contributed by atoms with Crippen molar-refractivity contribution in [3.63, 3.8) is 0 Å². The van der Waals surface area contributed by atoms with Crippen molar-refractivity contribution in [2.24, 2.45) is 11.5 Å². The van der Waals surface area contributed by atoms with E-state index in [1.54, 1.807) is 0 Å². The van der Waals surface area contributed by atoms with E-state index in [0.717, 1.165) is 0 Å². The van der Waals surface area contributed by atoms with Gasteiger partial charge in [0.2, 0.25) is 0 Å². The van der Waals surface area contributed by atoms with Crippen molar-refractivity contribution < 1.29 is 23.9 Å². The highest BCUT2D eigenvalue weighted by Gasteiger charge is 2.30. The molecule has 1 aromatic carbocycles. The predicted octanol–water partition coefficient (Wildman–Crippen LogP) is -0.0312. The highest BCUT2D eigenvalue weighted by Crippen LogP contribution is 2.24. The molecule has 0 spiro atoms. The summed E-state index contributed by atoms with van der Waals surface area (Å²) in [5, 5.41) is 0. The fourth-order valence-corrected chi connectivity index (χ4v) is 1.78. The smallest absolute Gasteiger partial charge is 0.347 e. The maximum Gasteiger partial charge on any atom is 0.347 e. The number of fused-ring (bicyclic) bond motifs is 1. The van der Waals surface area contributed by atoms with Crippen LogP contribution in [0.5, 0.6) is 5.75 Å². The molecule has 0 bridgehead atoms. The first kappa shape index (κ1) is 14.2. The summed E-state index contributed by atoms with van der Waals surface area (Å²) in [6, 6.07) is 3.29. The van der Waals surface area contributed by atoms with Gasteiger partial charge in [0, 0.05) is 0 Å². The molecule has 0 saturated carbocycles. The van der Waals surface area contributed by atoms with Gasteiger partial charge in [0.25, 0.3) is 0 Å². The highest BCUT2D eigenvalue weighted by atomic mass is 16.6. The van der Waals surface area contributed by atoms with Crippen LogP contribution in [0, 0.1) is 0 Å². The summed E-state index contributed by atoms with van der Waals surface area (Å²) in [5.41, 5.74) is 11.2. The molecule has 1 aromatic rings. The van der Waals surface area contributed by atoms with Crippen LogP contribution in [0.15, 0.2) is 18.2 Å². The molecule has 106 valence electrons. The molecule has 7 heteroatoms. The molecule has 0 aromatic heterocycles. The van der Waals surface area contributed by atoms with Crippen molar-refractivity contribution in [2.75, 3.05) is 6.54 Å². The van der Waals surface area contributed by atoms with E-state index in [0.29, 0.717) is 19.4 Å². The predicted molar refractivity (Wildman–Crippen MR) is 68.1 cm³/mol. The quantitative estimate of drug-likeness (QED) is 0.440. The SMILES string of the molecule is NCCC[C@@H](N)C(=O)Oc1ccc2c(c1)C(=O)OC2=O. The lowest BCUT2D eigenvalue weighted by Crippen LogP contribution is -2.34. The van der Waals surface area contributed by atoms with E-state index in [1.807, 2.05) is 0 Å². The van der Waals surface area contributed by atoms with Crippen LogP contribution in [-0.4, -0.2) is 30.5 Å². The third-order valence-corrected chi connectivity index (χ3v) is 2.86. The van der Waals surface area contributed by atoms with E-state index in [9.17, 15) is 14.4 Å². The molecule has 0 aliphatic carbocycles. The number of nitrogens with two attached hydrogens (primary N) is 2. The number of carbonyl (C=O) groups is 3. The summed E-state index contributed by atoms with van der Waals surface area (Å²) in [7, 11) is 0. The van der Waals surface area contributed by atoms with Crippen LogP contribution in [0.3, 0.4) is 0 Å². The van der Waals surface area contributed by atoms with E-state index in [2.05, 4.69) is 4.74 Å². The van der Waals surface area contributed by atoms with Crippen molar-refractivity contribution >= 4 is 17.9 Å². The van der Waals surface area contributed by atoms with Crippen LogP contribution in [0.1, 0.15) is 33.6 Å². The van der Waals surface area contributed by atoms with Crippen molar-refractivity contribution in [3.05, 3.63) is 29.3 Å². The summed E-state index contributed by atoms with van der Waals surface area (Å²) in [6.07, 6.45) is 1.03. The molecule has 0 unspecified atom stereocenters. The summed E-state index contributed by atoms with van der Waals surface area (Å²) >= 11 is 0. The summed E-state index contributed by atoms with van der Waals surface area (Å²) < 4.78 is 9.49. The van der Waals surface area contributed by atoms with Gasteiger partial charge in [0.05, 0.1) is 11.1 Å². The van der Waals surface area contributed by atoms with Crippen molar-refractivity contribution in [1.29, 1.82) is 0 Å². The van der Waals surface area contributed by atoms with Gasteiger partial charge in [0.1, 0.15) is 11.8 Å². The zero-order chi connectivity index (χ0) is 14.7. The van der Waals surface area contributed by atoms with E-state index in [-0.39, 0.29) is 16.9 Å². The van der Waals surface area contributed by atoms with Gasteiger partial charge in [-0.05, 0) is 37.6 Å². The van der Waals surface area contributed by atoms with Gasteiger partial charge in [-0.3, -0.25) is 0 Å². The molecular formula is C13H14N2O5. The van der Waals surface area contributed by atoms with E-state index in [4.69, 9.17) is 16.2 Å². The normalized spacial score (nSPS) is 14.7. The average molecular weight is 278 g/mol. The Kier molecular flexibility index (Phi) is 4.11. The molecular weight excluding hydrogens is 264 g/mol. The minimum absolute atomic E-state index is 0.0795. The molecule has 0 amide bonds. The first-order chi connectivity index (χ1) is 9.52. The molecule has 20 heavy (non-hydrogen) atoms. The number of carbonyl (C=O) groups excluding carboxylic acids is 3. The molecule has 1 aliphatic rings. The molecule has 4 N–H and O–H groups in total. The second kappa shape index (κ2) is 5.81. The zero-order valence-electron chi connectivity index (χ0n) is 10.6. The third-order valence-electron chi connectivity index (χ3n) is 2.86. The Morgan fingerprint density at radius 1 is 1.25 bits per heavy atom. The number of hydrogen-bond acceptors (Lipinski definition) is 7. The largest absolute Gasteiger partial charge is 0.425 e. The summed E-state index contributed by atoms with van der Waals surface area (Å²) in [5.74, 6) is -1.93. The lowest BCUT2D eigenvalue weighted by molar-refractivity contribution is -0.136. The van der Waals surface area contributed by atoms with Gasteiger partial charge in [-0.25, -0.2) is 14.4 Å². The Labute approximate surface area is 114 Å². The van der Waals surface area contributed by atoms with Gasteiger partial charge in [-0.2, -0.15) is 0 Å². The topological polar surface area (TPSA) is 122 Å². The lowest BCUT2D eigenvalue weighted by atomic mass is 10.1. The van der Waals surface area contributed by atoms with Crippen LogP contribution in [0.25, 0.3) is 0 Å².